The van der Waals surface area contributed by atoms with E-state index < -0.39 is 25.7 Å². The van der Waals surface area contributed by atoms with Crippen molar-refractivity contribution in [2.45, 2.75) is 21.6 Å². The molecule has 2 heterocycles. The van der Waals surface area contributed by atoms with Crippen molar-refractivity contribution in [3.63, 3.8) is 0 Å². The van der Waals surface area contributed by atoms with Crippen LogP contribution in [0.2, 0.25) is 0 Å². The van der Waals surface area contributed by atoms with Crippen molar-refractivity contribution in [3.05, 3.63) is 95.6 Å². The molecule has 0 spiro atoms. The fraction of sp³-hybridized carbons (Fsp3) is 0.269. The number of benzene rings is 3. The van der Waals surface area contributed by atoms with Crippen LogP contribution in [0.1, 0.15) is 26.7 Å². The molecule has 1 amide bonds. The lowest BCUT2D eigenvalue weighted by molar-refractivity contribution is 0.0627. The number of hydrogen-bond acceptors (Lipinski definition) is 6. The van der Waals surface area contributed by atoms with Gasteiger partial charge in [0.05, 0.1) is 15.5 Å². The molecule has 0 aliphatic carbocycles. The molecule has 1 fully saturated rings. The standard InChI is InChI=1S/C26H28N2O5S2.ClH/c29-26(28-16-14-27(15-17-28)18-20-8-3-1-4-9-20)22-12-7-13-23-25(22)24(19-34(23,30)31)35(32,33)21-10-5-2-6-11-21;/h1-13,24,30-31H,14-19H2;1H. The number of carbonyl (C=O) groups is 1. The summed E-state index contributed by atoms with van der Waals surface area (Å²) in [5, 5.41) is -1.19. The van der Waals surface area contributed by atoms with Gasteiger partial charge >= 0.3 is 0 Å². The summed E-state index contributed by atoms with van der Waals surface area (Å²) < 4.78 is 48.5. The summed E-state index contributed by atoms with van der Waals surface area (Å²) in [6.07, 6.45) is 0. The average molecular weight is 549 g/mol. The van der Waals surface area contributed by atoms with Gasteiger partial charge in [-0.25, -0.2) is 8.42 Å². The van der Waals surface area contributed by atoms with Crippen LogP contribution in [-0.4, -0.2) is 65.2 Å². The molecule has 192 valence electrons. The van der Waals surface area contributed by atoms with Crippen molar-refractivity contribution in [3.8, 4) is 0 Å². The molecule has 1 unspecified atom stereocenters. The molecule has 36 heavy (non-hydrogen) atoms. The van der Waals surface area contributed by atoms with Crippen molar-refractivity contribution >= 4 is 38.7 Å². The fourth-order valence-electron chi connectivity index (χ4n) is 4.87. The quantitative estimate of drug-likeness (QED) is 0.479. The Bertz CT molecular complexity index is 1330. The number of halogens is 1. The zero-order valence-corrected chi connectivity index (χ0v) is 22.0. The fourth-order valence-corrected chi connectivity index (χ4v) is 9.33. The highest BCUT2D eigenvalue weighted by Crippen LogP contribution is 2.62. The second-order valence-corrected chi connectivity index (χ2v) is 13.2. The lowest BCUT2D eigenvalue weighted by atomic mass is 10.0. The minimum Gasteiger partial charge on any atom is -0.336 e. The molecule has 1 saturated heterocycles. The number of carbonyl (C=O) groups excluding carboxylic acids is 1. The zero-order valence-electron chi connectivity index (χ0n) is 19.6. The number of sulfone groups is 1. The Morgan fingerprint density at radius 1 is 0.861 bits per heavy atom. The van der Waals surface area contributed by atoms with Crippen molar-refractivity contribution in [1.29, 1.82) is 0 Å². The molecule has 0 saturated carbocycles. The maximum atomic E-state index is 13.6. The van der Waals surface area contributed by atoms with E-state index in [0.29, 0.717) is 26.2 Å². The Kier molecular flexibility index (Phi) is 7.80. The van der Waals surface area contributed by atoms with Crippen LogP contribution in [0.3, 0.4) is 0 Å². The van der Waals surface area contributed by atoms with Gasteiger partial charge in [0.2, 0.25) is 0 Å². The minimum absolute atomic E-state index is 0. The Balaban J connectivity index is 0.00000304. The summed E-state index contributed by atoms with van der Waals surface area (Å²) in [4.78, 5) is 17.9. The lowest BCUT2D eigenvalue weighted by Gasteiger charge is -2.35. The third kappa shape index (κ3) is 5.04. The van der Waals surface area contributed by atoms with Crippen LogP contribution in [-0.2, 0) is 16.4 Å². The molecule has 2 aliphatic rings. The number of amides is 1. The van der Waals surface area contributed by atoms with E-state index >= 15 is 0 Å². The van der Waals surface area contributed by atoms with E-state index in [1.165, 1.54) is 23.8 Å². The highest BCUT2D eigenvalue weighted by Gasteiger charge is 2.45. The van der Waals surface area contributed by atoms with Crippen molar-refractivity contribution < 1.29 is 22.3 Å². The van der Waals surface area contributed by atoms with Crippen molar-refractivity contribution in [2.75, 3.05) is 31.9 Å². The summed E-state index contributed by atoms with van der Waals surface area (Å²) in [5.74, 6) is -0.610. The van der Waals surface area contributed by atoms with E-state index in [1.54, 1.807) is 35.2 Å². The van der Waals surface area contributed by atoms with Crippen LogP contribution in [0.25, 0.3) is 0 Å². The smallest absolute Gasteiger partial charge is 0.254 e. The second-order valence-electron chi connectivity index (χ2n) is 8.95. The van der Waals surface area contributed by atoms with E-state index in [4.69, 9.17) is 0 Å². The molecule has 7 nitrogen and oxygen atoms in total. The Labute approximate surface area is 219 Å². The number of rotatable bonds is 5. The van der Waals surface area contributed by atoms with Crippen molar-refractivity contribution in [2.24, 2.45) is 0 Å². The molecule has 10 heteroatoms. The lowest BCUT2D eigenvalue weighted by Crippen LogP contribution is -2.48. The molecule has 2 N–H and O–H groups in total. The van der Waals surface area contributed by atoms with Gasteiger partial charge in [0.15, 0.2) is 9.84 Å². The molecular weight excluding hydrogens is 520 g/mol. The first kappa shape index (κ1) is 26.7. The molecular formula is C26H29ClN2O5S2. The first-order valence-corrected chi connectivity index (χ1v) is 14.8. The molecule has 3 aromatic carbocycles. The summed E-state index contributed by atoms with van der Waals surface area (Å²) in [7, 11) is -7.27. The van der Waals surface area contributed by atoms with Gasteiger partial charge in [-0.2, -0.15) is 10.6 Å². The van der Waals surface area contributed by atoms with E-state index in [1.807, 2.05) is 18.2 Å². The van der Waals surface area contributed by atoms with Gasteiger partial charge < -0.3 is 4.90 Å². The minimum atomic E-state index is -3.93. The SMILES string of the molecule is Cl.O=C(c1cccc2c1C(S(=O)(=O)c1ccccc1)CS2(O)O)N1CCN(Cc2ccccc2)CC1. The predicted molar refractivity (Wildman–Crippen MR) is 144 cm³/mol. The largest absolute Gasteiger partial charge is 0.336 e. The van der Waals surface area contributed by atoms with E-state index in [9.17, 15) is 22.3 Å². The first-order chi connectivity index (χ1) is 16.8. The van der Waals surface area contributed by atoms with Gasteiger partial charge in [0.25, 0.3) is 5.91 Å². The highest BCUT2D eigenvalue weighted by atomic mass is 35.5. The zero-order chi connectivity index (χ0) is 24.6. The summed E-state index contributed by atoms with van der Waals surface area (Å²) >= 11 is 0. The predicted octanol–water partition coefficient (Wildman–Crippen LogP) is 4.70. The monoisotopic (exact) mass is 548 g/mol. The van der Waals surface area contributed by atoms with Gasteiger partial charge in [-0.15, -0.1) is 12.4 Å². The van der Waals surface area contributed by atoms with E-state index in [0.717, 1.165) is 6.54 Å². The van der Waals surface area contributed by atoms with Crippen LogP contribution in [0, 0.1) is 0 Å². The van der Waals surface area contributed by atoms with Crippen LogP contribution in [0.5, 0.6) is 0 Å². The Morgan fingerprint density at radius 3 is 2.11 bits per heavy atom. The maximum Gasteiger partial charge on any atom is 0.254 e. The van der Waals surface area contributed by atoms with Crippen LogP contribution < -0.4 is 0 Å². The first-order valence-electron chi connectivity index (χ1n) is 11.5. The molecule has 5 rings (SSSR count). The molecule has 3 aromatic rings. The third-order valence-electron chi connectivity index (χ3n) is 6.71. The summed E-state index contributed by atoms with van der Waals surface area (Å²) in [6.45, 7) is 3.25. The number of nitrogens with zero attached hydrogens (tertiary/aromatic N) is 2. The molecule has 0 bridgehead atoms. The number of piperazine rings is 1. The third-order valence-corrected chi connectivity index (χ3v) is 10.9. The van der Waals surface area contributed by atoms with Gasteiger partial charge in [-0.05, 0) is 29.8 Å². The highest BCUT2D eigenvalue weighted by molar-refractivity contribution is 8.25. The summed E-state index contributed by atoms with van der Waals surface area (Å²) in [5.41, 5.74) is 1.68. The number of fused-ring (bicyclic) bond motifs is 1. The van der Waals surface area contributed by atoms with Gasteiger partial charge in [-0.1, -0.05) is 54.6 Å². The van der Waals surface area contributed by atoms with Crippen LogP contribution in [0.4, 0.5) is 0 Å². The van der Waals surface area contributed by atoms with Gasteiger partial charge in [0, 0.05) is 43.9 Å². The Hall–Kier alpha value is -2.40. The van der Waals surface area contributed by atoms with Crippen LogP contribution in [0.15, 0.2) is 88.7 Å². The number of hydrogen-bond donors (Lipinski definition) is 2. The Morgan fingerprint density at radius 2 is 1.47 bits per heavy atom. The molecule has 2 aliphatic heterocycles. The molecule has 0 aromatic heterocycles. The van der Waals surface area contributed by atoms with E-state index in [-0.39, 0.29) is 45.0 Å². The van der Waals surface area contributed by atoms with Gasteiger partial charge in [-0.3, -0.25) is 18.8 Å². The van der Waals surface area contributed by atoms with E-state index in [2.05, 4.69) is 17.0 Å². The maximum absolute atomic E-state index is 13.6. The van der Waals surface area contributed by atoms with Crippen LogP contribution >= 0.6 is 23.0 Å². The summed E-state index contributed by atoms with van der Waals surface area (Å²) in [6, 6.07) is 22.9. The van der Waals surface area contributed by atoms with Crippen molar-refractivity contribution in [1.82, 2.24) is 9.80 Å². The average Bonchev–Trinajstić information content (AvgIpc) is 3.17. The molecule has 1 atom stereocenters. The van der Waals surface area contributed by atoms with Gasteiger partial charge in [0.1, 0.15) is 5.25 Å². The normalized spacial score (nSPS) is 20.3. The second kappa shape index (κ2) is 10.5. The molecule has 0 radical (unpaired) electrons. The topological polar surface area (TPSA) is 98.1 Å².